The molecule has 1 heterocycles. The third-order valence-corrected chi connectivity index (χ3v) is 3.85. The number of carbonyl (C=O) groups excluding carboxylic acids is 1. The van der Waals surface area contributed by atoms with Gasteiger partial charge in [-0.25, -0.2) is 0 Å². The summed E-state index contributed by atoms with van der Waals surface area (Å²) in [5.41, 5.74) is 3.10. The Morgan fingerprint density at radius 3 is 2.46 bits per heavy atom. The molecule has 0 saturated heterocycles. The lowest BCUT2D eigenvalue weighted by molar-refractivity contribution is -0.114. The van der Waals surface area contributed by atoms with Crippen LogP contribution in [0.5, 0.6) is 5.75 Å². The van der Waals surface area contributed by atoms with Crippen molar-refractivity contribution in [3.05, 3.63) is 77.2 Å². The zero-order valence-corrected chi connectivity index (χ0v) is 14.7. The fourth-order valence-electron chi connectivity index (χ4n) is 2.71. The Labute approximate surface area is 151 Å². The largest absolute Gasteiger partial charge is 0.494 e. The van der Waals surface area contributed by atoms with Crippen molar-refractivity contribution in [1.29, 1.82) is 0 Å². The second-order valence-corrected chi connectivity index (χ2v) is 5.81. The van der Waals surface area contributed by atoms with Crippen LogP contribution in [0.15, 0.2) is 71.7 Å². The number of carbonyl (C=O) groups is 1. The summed E-state index contributed by atoms with van der Waals surface area (Å²) < 4.78 is 7.03. The van der Waals surface area contributed by atoms with Crippen molar-refractivity contribution < 1.29 is 9.53 Å². The van der Waals surface area contributed by atoms with Crippen LogP contribution in [-0.2, 0) is 4.79 Å². The Hall–Kier alpha value is -3.34. The molecule has 1 aromatic heterocycles. The molecular formula is C21H20N2O3. The molecule has 0 spiro atoms. The predicted molar refractivity (Wildman–Crippen MR) is 103 cm³/mol. The van der Waals surface area contributed by atoms with Crippen molar-refractivity contribution in [2.75, 3.05) is 11.9 Å². The number of nitrogens with zero attached hydrogens (tertiary/aromatic N) is 1. The van der Waals surface area contributed by atoms with Crippen LogP contribution in [0.25, 0.3) is 16.8 Å². The average molecular weight is 348 g/mol. The molecule has 1 amide bonds. The summed E-state index contributed by atoms with van der Waals surface area (Å²) in [6, 6.07) is 18.3. The first-order chi connectivity index (χ1) is 12.6. The zero-order valence-electron chi connectivity index (χ0n) is 14.7. The molecular weight excluding hydrogens is 328 g/mol. The van der Waals surface area contributed by atoms with Crippen LogP contribution in [0.3, 0.4) is 0 Å². The Bertz CT molecular complexity index is 975. The number of hydrogen-bond acceptors (Lipinski definition) is 3. The first-order valence-corrected chi connectivity index (χ1v) is 8.41. The van der Waals surface area contributed by atoms with Gasteiger partial charge in [0.2, 0.25) is 5.91 Å². The second-order valence-electron chi connectivity index (χ2n) is 5.81. The smallest absolute Gasteiger partial charge is 0.255 e. The molecule has 0 aliphatic heterocycles. The van der Waals surface area contributed by atoms with E-state index in [0.717, 1.165) is 16.9 Å². The maximum atomic E-state index is 12.3. The van der Waals surface area contributed by atoms with E-state index in [9.17, 15) is 9.59 Å². The second kappa shape index (κ2) is 7.70. The van der Waals surface area contributed by atoms with Crippen molar-refractivity contribution in [3.63, 3.8) is 0 Å². The lowest BCUT2D eigenvalue weighted by Gasteiger charge is -2.11. The van der Waals surface area contributed by atoms with E-state index in [1.165, 1.54) is 13.0 Å². The molecule has 3 rings (SSSR count). The quantitative estimate of drug-likeness (QED) is 0.761. The van der Waals surface area contributed by atoms with E-state index < -0.39 is 0 Å². The van der Waals surface area contributed by atoms with Gasteiger partial charge in [-0.3, -0.25) is 14.2 Å². The molecule has 0 atom stereocenters. The van der Waals surface area contributed by atoms with Crippen LogP contribution in [0.1, 0.15) is 13.8 Å². The standard InChI is InChI=1S/C21H20N2O3/c1-3-26-20-10-7-16(8-11-20)17-9-12-21(25)23(14-17)19-6-4-5-18(13-19)22-15(2)24/h4-14H,3H2,1-2H3,(H,22,24). The molecule has 0 bridgehead atoms. The minimum Gasteiger partial charge on any atom is -0.494 e. The minimum absolute atomic E-state index is 0.139. The van der Waals surface area contributed by atoms with Crippen LogP contribution in [-0.4, -0.2) is 17.1 Å². The third-order valence-electron chi connectivity index (χ3n) is 3.85. The number of rotatable bonds is 5. The Balaban J connectivity index is 1.98. The highest BCUT2D eigenvalue weighted by Gasteiger charge is 2.06. The molecule has 0 aliphatic carbocycles. The zero-order chi connectivity index (χ0) is 18.5. The summed E-state index contributed by atoms with van der Waals surface area (Å²) in [6.45, 7) is 4.01. The van der Waals surface area contributed by atoms with Crippen molar-refractivity contribution in [2.45, 2.75) is 13.8 Å². The molecule has 0 unspecified atom stereocenters. The van der Waals surface area contributed by atoms with Gasteiger partial charge in [-0.1, -0.05) is 18.2 Å². The summed E-state index contributed by atoms with van der Waals surface area (Å²) in [6.07, 6.45) is 1.80. The first-order valence-electron chi connectivity index (χ1n) is 8.41. The molecule has 1 N–H and O–H groups in total. The fourth-order valence-corrected chi connectivity index (χ4v) is 2.71. The van der Waals surface area contributed by atoms with Gasteiger partial charge in [0.1, 0.15) is 5.75 Å². The molecule has 3 aromatic rings. The molecule has 2 aromatic carbocycles. The van der Waals surface area contributed by atoms with Crippen LogP contribution < -0.4 is 15.6 Å². The van der Waals surface area contributed by atoms with Gasteiger partial charge < -0.3 is 10.1 Å². The number of nitrogens with one attached hydrogen (secondary N) is 1. The third kappa shape index (κ3) is 4.00. The number of hydrogen-bond donors (Lipinski definition) is 1. The summed E-state index contributed by atoms with van der Waals surface area (Å²) >= 11 is 0. The van der Waals surface area contributed by atoms with E-state index in [1.54, 1.807) is 35.0 Å². The number of aromatic nitrogens is 1. The van der Waals surface area contributed by atoms with Crippen LogP contribution in [0, 0.1) is 0 Å². The van der Waals surface area contributed by atoms with Crippen molar-refractivity contribution in [2.24, 2.45) is 0 Å². The number of ether oxygens (including phenoxy) is 1. The van der Waals surface area contributed by atoms with E-state index in [4.69, 9.17) is 4.74 Å². The van der Waals surface area contributed by atoms with E-state index in [1.807, 2.05) is 37.3 Å². The Kier molecular flexibility index (Phi) is 5.17. The van der Waals surface area contributed by atoms with Gasteiger partial charge in [0.05, 0.1) is 12.3 Å². The summed E-state index contributed by atoms with van der Waals surface area (Å²) in [5.74, 6) is 0.658. The number of pyridine rings is 1. The molecule has 0 fully saturated rings. The fraction of sp³-hybridized carbons (Fsp3) is 0.143. The molecule has 26 heavy (non-hydrogen) atoms. The summed E-state index contributed by atoms with van der Waals surface area (Å²) in [5, 5.41) is 2.73. The molecule has 132 valence electrons. The van der Waals surface area contributed by atoms with Gasteiger partial charge in [0.25, 0.3) is 5.56 Å². The predicted octanol–water partition coefficient (Wildman–Crippen LogP) is 3.86. The topological polar surface area (TPSA) is 60.3 Å². The van der Waals surface area contributed by atoms with Crippen molar-refractivity contribution >= 4 is 11.6 Å². The van der Waals surface area contributed by atoms with Gasteiger partial charge in [-0.05, 0) is 54.4 Å². The Morgan fingerprint density at radius 1 is 1.04 bits per heavy atom. The molecule has 5 heteroatoms. The van der Waals surface area contributed by atoms with Crippen molar-refractivity contribution in [3.8, 4) is 22.6 Å². The normalized spacial score (nSPS) is 10.4. The Morgan fingerprint density at radius 2 is 1.77 bits per heavy atom. The van der Waals surface area contributed by atoms with Gasteiger partial charge >= 0.3 is 0 Å². The van der Waals surface area contributed by atoms with Crippen LogP contribution in [0.2, 0.25) is 0 Å². The first kappa shape index (κ1) is 17.5. The van der Waals surface area contributed by atoms with E-state index in [0.29, 0.717) is 18.0 Å². The number of amides is 1. The lowest BCUT2D eigenvalue weighted by Crippen LogP contribution is -2.16. The van der Waals surface area contributed by atoms with Crippen molar-refractivity contribution in [1.82, 2.24) is 4.57 Å². The average Bonchev–Trinajstić information content (AvgIpc) is 2.63. The highest BCUT2D eigenvalue weighted by Crippen LogP contribution is 2.23. The van der Waals surface area contributed by atoms with Gasteiger partial charge in [-0.2, -0.15) is 0 Å². The number of benzene rings is 2. The maximum absolute atomic E-state index is 12.3. The van der Waals surface area contributed by atoms with Crippen LogP contribution >= 0.6 is 0 Å². The monoisotopic (exact) mass is 348 g/mol. The van der Waals surface area contributed by atoms with E-state index in [-0.39, 0.29) is 11.5 Å². The minimum atomic E-state index is -0.155. The van der Waals surface area contributed by atoms with Gasteiger partial charge in [0, 0.05) is 24.9 Å². The molecule has 0 saturated carbocycles. The van der Waals surface area contributed by atoms with Crippen LogP contribution in [0.4, 0.5) is 5.69 Å². The lowest BCUT2D eigenvalue weighted by atomic mass is 10.1. The van der Waals surface area contributed by atoms with E-state index in [2.05, 4.69) is 5.32 Å². The summed E-state index contributed by atoms with van der Waals surface area (Å²) in [4.78, 5) is 23.6. The van der Waals surface area contributed by atoms with Gasteiger partial charge in [-0.15, -0.1) is 0 Å². The molecule has 0 radical (unpaired) electrons. The SMILES string of the molecule is CCOc1ccc(-c2ccc(=O)n(-c3cccc(NC(C)=O)c3)c2)cc1. The maximum Gasteiger partial charge on any atom is 0.255 e. The van der Waals surface area contributed by atoms with E-state index >= 15 is 0 Å². The summed E-state index contributed by atoms with van der Waals surface area (Å²) in [7, 11) is 0. The highest BCUT2D eigenvalue weighted by molar-refractivity contribution is 5.88. The molecule has 5 nitrogen and oxygen atoms in total. The highest BCUT2D eigenvalue weighted by atomic mass is 16.5. The van der Waals surface area contributed by atoms with Gasteiger partial charge in [0.15, 0.2) is 0 Å². The number of anilines is 1. The molecule has 0 aliphatic rings.